The van der Waals surface area contributed by atoms with Gasteiger partial charge in [-0.2, -0.15) is 0 Å². The molecule has 5 heteroatoms. The lowest BCUT2D eigenvalue weighted by Crippen LogP contribution is -2.12. The van der Waals surface area contributed by atoms with E-state index in [9.17, 15) is 8.42 Å². The summed E-state index contributed by atoms with van der Waals surface area (Å²) in [5.74, 6) is 0.259. The Bertz CT molecular complexity index is 715. The van der Waals surface area contributed by atoms with E-state index in [4.69, 9.17) is 5.73 Å². The van der Waals surface area contributed by atoms with Gasteiger partial charge in [-0.15, -0.1) is 0 Å². The highest BCUT2D eigenvalue weighted by Crippen LogP contribution is 2.26. The van der Waals surface area contributed by atoms with Crippen LogP contribution < -0.4 is 5.73 Å². The van der Waals surface area contributed by atoms with Crippen molar-refractivity contribution in [3.63, 3.8) is 0 Å². The predicted octanol–water partition coefficient (Wildman–Crippen LogP) is 2.62. The second-order valence-corrected chi connectivity index (χ2v) is 7.73. The molecule has 2 N–H and O–H groups in total. The summed E-state index contributed by atoms with van der Waals surface area (Å²) in [5.41, 5.74) is 8.65. The van der Waals surface area contributed by atoms with Crippen molar-refractivity contribution in [1.29, 1.82) is 0 Å². The summed E-state index contributed by atoms with van der Waals surface area (Å²) in [7, 11) is -3.04. The van der Waals surface area contributed by atoms with E-state index in [0.717, 1.165) is 22.2 Å². The minimum absolute atomic E-state index is 0.0916. The summed E-state index contributed by atoms with van der Waals surface area (Å²) in [5, 5.41) is 1.06. The van der Waals surface area contributed by atoms with Crippen molar-refractivity contribution < 1.29 is 8.42 Å². The minimum Gasteiger partial charge on any atom is -0.341 e. The molecule has 0 atom stereocenters. The highest BCUT2D eigenvalue weighted by molar-refractivity contribution is 7.90. The molecular formula is C15H22N2O2S. The summed E-state index contributed by atoms with van der Waals surface area (Å²) in [6, 6.07) is 8.26. The van der Waals surface area contributed by atoms with Crippen LogP contribution in [-0.4, -0.2) is 18.7 Å². The van der Waals surface area contributed by atoms with Crippen molar-refractivity contribution in [2.45, 2.75) is 39.1 Å². The van der Waals surface area contributed by atoms with Crippen LogP contribution >= 0.6 is 0 Å². The molecule has 1 heterocycles. The van der Waals surface area contributed by atoms with Gasteiger partial charge < -0.3 is 10.3 Å². The number of rotatable bonds is 5. The molecule has 1 aromatic carbocycles. The summed E-state index contributed by atoms with van der Waals surface area (Å²) < 4.78 is 25.9. The smallest absolute Gasteiger partial charge is 0.155 e. The summed E-state index contributed by atoms with van der Waals surface area (Å²) in [6.45, 7) is 6.31. The van der Waals surface area contributed by atoms with Crippen LogP contribution in [0.5, 0.6) is 0 Å². The van der Waals surface area contributed by atoms with Gasteiger partial charge in [0.15, 0.2) is 9.84 Å². The number of hydrogen-bond acceptors (Lipinski definition) is 3. The van der Waals surface area contributed by atoms with Gasteiger partial charge in [-0.25, -0.2) is 8.42 Å². The lowest BCUT2D eigenvalue weighted by atomic mass is 10.1. The molecule has 0 unspecified atom stereocenters. The lowest BCUT2D eigenvalue weighted by Gasteiger charge is -2.14. The normalized spacial score (nSPS) is 12.4. The first kappa shape index (κ1) is 15.1. The first-order valence-corrected chi connectivity index (χ1v) is 8.73. The Balaban J connectivity index is 2.61. The minimum atomic E-state index is -3.04. The quantitative estimate of drug-likeness (QED) is 0.922. The average Bonchev–Trinajstić information content (AvgIpc) is 2.74. The maximum atomic E-state index is 11.9. The molecule has 0 aliphatic carbocycles. The van der Waals surface area contributed by atoms with E-state index in [0.29, 0.717) is 6.54 Å². The highest BCUT2D eigenvalue weighted by atomic mass is 32.2. The number of nitrogens with zero attached hydrogens (tertiary/aromatic N) is 1. The predicted molar refractivity (Wildman–Crippen MR) is 83.4 cm³/mol. The standard InChI is InChI=1S/C15H22N2O2S/c1-4-20(18,19)10-14-8-13-7-12(9-16)5-6-15(13)17(14)11(2)3/h5-8,11H,4,9-10,16H2,1-3H3. The van der Waals surface area contributed by atoms with E-state index >= 15 is 0 Å². The molecule has 110 valence electrons. The zero-order valence-electron chi connectivity index (χ0n) is 12.3. The third-order valence-corrected chi connectivity index (χ3v) is 5.16. The third kappa shape index (κ3) is 2.88. The second kappa shape index (κ2) is 5.58. The summed E-state index contributed by atoms with van der Waals surface area (Å²) in [4.78, 5) is 0. The third-order valence-electron chi connectivity index (χ3n) is 3.54. The van der Waals surface area contributed by atoms with Crippen LogP contribution in [0.1, 0.15) is 38.1 Å². The molecule has 2 aromatic rings. The SMILES string of the molecule is CCS(=O)(=O)Cc1cc2cc(CN)ccc2n1C(C)C. The number of sulfone groups is 1. The molecule has 0 amide bonds. The Hall–Kier alpha value is -1.33. The van der Waals surface area contributed by atoms with Crippen LogP contribution in [-0.2, 0) is 22.1 Å². The summed E-state index contributed by atoms with van der Waals surface area (Å²) in [6.07, 6.45) is 0. The molecule has 0 aliphatic rings. The molecule has 0 saturated carbocycles. The zero-order chi connectivity index (χ0) is 14.9. The molecule has 0 spiro atoms. The second-order valence-electron chi connectivity index (χ2n) is 5.37. The van der Waals surface area contributed by atoms with Gasteiger partial charge in [-0.3, -0.25) is 0 Å². The van der Waals surface area contributed by atoms with E-state index in [2.05, 4.69) is 18.4 Å². The Kier molecular flexibility index (Phi) is 4.20. The Morgan fingerprint density at radius 3 is 2.50 bits per heavy atom. The van der Waals surface area contributed by atoms with E-state index in [-0.39, 0.29) is 17.5 Å². The van der Waals surface area contributed by atoms with Crippen LogP contribution in [0.15, 0.2) is 24.3 Å². The van der Waals surface area contributed by atoms with Crippen molar-refractivity contribution in [3.05, 3.63) is 35.5 Å². The maximum Gasteiger partial charge on any atom is 0.155 e. The number of benzene rings is 1. The van der Waals surface area contributed by atoms with Crippen molar-refractivity contribution in [2.75, 3.05) is 5.75 Å². The van der Waals surface area contributed by atoms with Gasteiger partial charge in [-0.1, -0.05) is 13.0 Å². The fraction of sp³-hybridized carbons (Fsp3) is 0.467. The van der Waals surface area contributed by atoms with Gasteiger partial charge in [0.05, 0.1) is 5.75 Å². The molecule has 20 heavy (non-hydrogen) atoms. The summed E-state index contributed by atoms with van der Waals surface area (Å²) >= 11 is 0. The van der Waals surface area contributed by atoms with E-state index in [1.54, 1.807) is 6.92 Å². The van der Waals surface area contributed by atoms with Gasteiger partial charge in [0.25, 0.3) is 0 Å². The van der Waals surface area contributed by atoms with Crippen molar-refractivity contribution in [3.8, 4) is 0 Å². The largest absolute Gasteiger partial charge is 0.341 e. The lowest BCUT2D eigenvalue weighted by molar-refractivity contribution is 0.582. The molecule has 0 aliphatic heterocycles. The van der Waals surface area contributed by atoms with Gasteiger partial charge in [0.1, 0.15) is 0 Å². The Labute approximate surface area is 120 Å². The number of hydrogen-bond donors (Lipinski definition) is 1. The van der Waals surface area contributed by atoms with Crippen LogP contribution in [0.4, 0.5) is 0 Å². The van der Waals surface area contributed by atoms with Gasteiger partial charge >= 0.3 is 0 Å². The fourth-order valence-corrected chi connectivity index (χ4v) is 3.40. The topological polar surface area (TPSA) is 65.1 Å². The molecule has 0 saturated heterocycles. The Morgan fingerprint density at radius 2 is 1.95 bits per heavy atom. The monoisotopic (exact) mass is 294 g/mol. The zero-order valence-corrected chi connectivity index (χ0v) is 13.1. The van der Waals surface area contributed by atoms with Crippen LogP contribution in [0.2, 0.25) is 0 Å². The molecule has 0 bridgehead atoms. The molecule has 0 radical (unpaired) electrons. The highest BCUT2D eigenvalue weighted by Gasteiger charge is 2.17. The molecular weight excluding hydrogens is 272 g/mol. The number of fused-ring (bicyclic) bond motifs is 1. The van der Waals surface area contributed by atoms with Crippen molar-refractivity contribution in [2.24, 2.45) is 5.73 Å². The van der Waals surface area contributed by atoms with E-state index in [1.807, 2.05) is 24.3 Å². The van der Waals surface area contributed by atoms with E-state index in [1.165, 1.54) is 0 Å². The molecule has 2 rings (SSSR count). The van der Waals surface area contributed by atoms with Crippen molar-refractivity contribution in [1.82, 2.24) is 4.57 Å². The molecule has 1 aromatic heterocycles. The van der Waals surface area contributed by atoms with Gasteiger partial charge in [-0.05, 0) is 37.6 Å². The molecule has 0 fully saturated rings. The molecule has 4 nitrogen and oxygen atoms in total. The number of nitrogens with two attached hydrogens (primary N) is 1. The maximum absolute atomic E-state index is 11.9. The van der Waals surface area contributed by atoms with Crippen LogP contribution in [0, 0.1) is 0 Å². The van der Waals surface area contributed by atoms with Gasteiger partial charge in [0.2, 0.25) is 0 Å². The first-order valence-electron chi connectivity index (χ1n) is 6.91. The number of aromatic nitrogens is 1. The Morgan fingerprint density at radius 1 is 1.25 bits per heavy atom. The first-order chi connectivity index (χ1) is 9.38. The van der Waals surface area contributed by atoms with E-state index < -0.39 is 9.84 Å². The van der Waals surface area contributed by atoms with Crippen LogP contribution in [0.3, 0.4) is 0 Å². The fourth-order valence-electron chi connectivity index (χ4n) is 2.52. The average molecular weight is 294 g/mol. The van der Waals surface area contributed by atoms with Crippen molar-refractivity contribution >= 4 is 20.7 Å². The van der Waals surface area contributed by atoms with Gasteiger partial charge in [0, 0.05) is 34.9 Å². The van der Waals surface area contributed by atoms with Crippen LogP contribution in [0.25, 0.3) is 10.9 Å².